The fourth-order valence-corrected chi connectivity index (χ4v) is 3.85. The van der Waals surface area contributed by atoms with Crippen LogP contribution in [-0.4, -0.2) is 74.4 Å². The molecule has 2 aliphatic rings. The Balaban J connectivity index is 1.43. The van der Waals surface area contributed by atoms with E-state index in [0.29, 0.717) is 32.6 Å². The topological polar surface area (TPSA) is 78.8 Å². The first kappa shape index (κ1) is 18.2. The smallest absolute Gasteiger partial charge is 0.246 e. The van der Waals surface area contributed by atoms with Gasteiger partial charge in [-0.15, -0.1) is 0 Å². The second kappa shape index (κ2) is 7.84. The minimum absolute atomic E-state index is 0.0372. The minimum atomic E-state index is -0.493. The Morgan fingerprint density at radius 2 is 1.89 bits per heavy atom. The Morgan fingerprint density at radius 3 is 2.64 bits per heavy atom. The summed E-state index contributed by atoms with van der Waals surface area (Å²) in [6.07, 6.45) is 3.84. The number of nitrogens with zero attached hydrogens (tertiary/aromatic N) is 5. The fraction of sp³-hybridized carbons (Fsp3) is 0.400. The maximum Gasteiger partial charge on any atom is 0.246 e. The molecule has 1 unspecified atom stereocenters. The first-order chi connectivity index (χ1) is 13.6. The quantitative estimate of drug-likeness (QED) is 0.766. The summed E-state index contributed by atoms with van der Waals surface area (Å²) in [5.74, 6) is -0.142. The van der Waals surface area contributed by atoms with Gasteiger partial charge in [0, 0.05) is 38.6 Å². The Morgan fingerprint density at radius 1 is 1.07 bits per heavy atom. The molecule has 4 rings (SSSR count). The lowest BCUT2D eigenvalue weighted by Gasteiger charge is -2.39. The number of carbonyl (C=O) groups is 3. The Bertz CT molecular complexity index is 852. The number of hydrogen-bond donors (Lipinski definition) is 0. The number of fused-ring (bicyclic) bond motifs is 1. The molecule has 3 heterocycles. The van der Waals surface area contributed by atoms with Crippen LogP contribution in [0, 0.1) is 0 Å². The summed E-state index contributed by atoms with van der Waals surface area (Å²) in [6, 6.07) is 11.0. The summed E-state index contributed by atoms with van der Waals surface area (Å²) >= 11 is 0. The lowest BCUT2D eigenvalue weighted by Crippen LogP contribution is -2.59. The first-order valence-corrected chi connectivity index (χ1v) is 9.49. The van der Waals surface area contributed by atoms with E-state index < -0.39 is 6.04 Å². The van der Waals surface area contributed by atoms with Crippen LogP contribution in [0.15, 0.2) is 48.8 Å². The molecule has 2 saturated heterocycles. The Hall–Kier alpha value is -3.16. The maximum absolute atomic E-state index is 13.0. The largest absolute Gasteiger partial charge is 0.339 e. The minimum Gasteiger partial charge on any atom is -0.339 e. The van der Waals surface area contributed by atoms with E-state index in [1.54, 1.807) is 37.8 Å². The first-order valence-electron chi connectivity index (χ1n) is 9.49. The van der Waals surface area contributed by atoms with Gasteiger partial charge in [-0.1, -0.05) is 30.3 Å². The molecule has 8 nitrogen and oxygen atoms in total. The van der Waals surface area contributed by atoms with E-state index >= 15 is 0 Å². The van der Waals surface area contributed by atoms with Crippen molar-refractivity contribution in [1.82, 2.24) is 24.5 Å². The third-order valence-corrected chi connectivity index (χ3v) is 5.33. The van der Waals surface area contributed by atoms with E-state index in [4.69, 9.17) is 0 Å². The Labute approximate surface area is 163 Å². The maximum atomic E-state index is 13.0. The number of rotatable bonds is 4. The van der Waals surface area contributed by atoms with Gasteiger partial charge in [-0.3, -0.25) is 19.1 Å². The fourth-order valence-electron chi connectivity index (χ4n) is 3.85. The van der Waals surface area contributed by atoms with Crippen molar-refractivity contribution in [1.29, 1.82) is 0 Å². The van der Waals surface area contributed by atoms with Crippen LogP contribution in [0.25, 0.3) is 0 Å². The molecule has 0 radical (unpaired) electrons. The van der Waals surface area contributed by atoms with Crippen molar-refractivity contribution in [3.8, 4) is 0 Å². The molecule has 1 aromatic heterocycles. The number of aromatic nitrogens is 2. The van der Waals surface area contributed by atoms with Gasteiger partial charge in [0.05, 0.1) is 0 Å². The third-order valence-electron chi connectivity index (χ3n) is 5.33. The summed E-state index contributed by atoms with van der Waals surface area (Å²) < 4.78 is 1.58. The molecule has 0 spiro atoms. The van der Waals surface area contributed by atoms with Gasteiger partial charge in [-0.05, 0) is 18.1 Å². The highest BCUT2D eigenvalue weighted by Crippen LogP contribution is 2.21. The van der Waals surface area contributed by atoms with Crippen molar-refractivity contribution in [3.05, 3.63) is 54.4 Å². The summed E-state index contributed by atoms with van der Waals surface area (Å²) in [4.78, 5) is 43.2. The van der Waals surface area contributed by atoms with Gasteiger partial charge in [0.25, 0.3) is 0 Å². The molecule has 1 atom stereocenters. The van der Waals surface area contributed by atoms with E-state index in [1.807, 2.05) is 30.3 Å². The van der Waals surface area contributed by atoms with Crippen LogP contribution in [-0.2, 0) is 27.5 Å². The third kappa shape index (κ3) is 3.76. The zero-order chi connectivity index (χ0) is 19.5. The van der Waals surface area contributed by atoms with Gasteiger partial charge in [-0.2, -0.15) is 5.10 Å². The van der Waals surface area contributed by atoms with E-state index in [1.165, 1.54) is 0 Å². The predicted octanol–water partition coefficient (Wildman–Crippen LogP) is 0.355. The van der Waals surface area contributed by atoms with Crippen molar-refractivity contribution >= 4 is 17.7 Å². The molecule has 3 amide bonds. The number of piperazine rings is 1. The van der Waals surface area contributed by atoms with Gasteiger partial charge in [0.2, 0.25) is 17.7 Å². The molecular formula is C20H23N5O3. The Kier molecular flexibility index (Phi) is 5.10. The molecule has 0 saturated carbocycles. The van der Waals surface area contributed by atoms with Gasteiger partial charge in [-0.25, -0.2) is 0 Å². The molecule has 2 fully saturated rings. The molecule has 2 aliphatic heterocycles. The van der Waals surface area contributed by atoms with Gasteiger partial charge >= 0.3 is 0 Å². The van der Waals surface area contributed by atoms with E-state index in [9.17, 15) is 14.4 Å². The standard InChI is InChI=1S/C20H23N5O3/c26-18(15-24-9-4-8-21-24)22-10-7-17-20(28)23(13-16-5-2-1-3-6-16)14-19(27)25(17)12-11-22/h1-6,8-9,17H,7,10-15H2. The van der Waals surface area contributed by atoms with Gasteiger partial charge in [0.15, 0.2) is 0 Å². The normalized spacial score (nSPS) is 20.1. The van der Waals surface area contributed by atoms with Crippen molar-refractivity contribution in [2.45, 2.75) is 25.6 Å². The van der Waals surface area contributed by atoms with Crippen LogP contribution in [0.2, 0.25) is 0 Å². The molecule has 2 aromatic rings. The van der Waals surface area contributed by atoms with Crippen LogP contribution in [0.4, 0.5) is 0 Å². The van der Waals surface area contributed by atoms with Crippen LogP contribution < -0.4 is 0 Å². The number of amides is 3. The number of carbonyl (C=O) groups excluding carboxylic acids is 3. The average Bonchev–Trinajstić information content (AvgIpc) is 3.09. The molecular weight excluding hydrogens is 358 g/mol. The van der Waals surface area contributed by atoms with E-state index in [0.717, 1.165) is 5.56 Å². The summed E-state index contributed by atoms with van der Waals surface area (Å²) in [7, 11) is 0. The molecule has 0 aliphatic carbocycles. The highest BCUT2D eigenvalue weighted by Gasteiger charge is 2.41. The van der Waals surface area contributed by atoms with Gasteiger partial charge in [0.1, 0.15) is 19.1 Å². The summed E-state index contributed by atoms with van der Waals surface area (Å²) in [6.45, 7) is 1.97. The monoisotopic (exact) mass is 381 g/mol. The molecule has 8 heteroatoms. The SMILES string of the molecule is O=C(Cn1cccn1)N1CCC2C(=O)N(Cc3ccccc3)CC(=O)N2CC1. The second-order valence-electron chi connectivity index (χ2n) is 7.16. The second-order valence-corrected chi connectivity index (χ2v) is 7.16. The zero-order valence-electron chi connectivity index (χ0n) is 15.6. The molecule has 0 bridgehead atoms. The number of benzene rings is 1. The molecule has 0 N–H and O–H groups in total. The van der Waals surface area contributed by atoms with Gasteiger partial charge < -0.3 is 14.7 Å². The lowest BCUT2D eigenvalue weighted by molar-refractivity contribution is -0.156. The van der Waals surface area contributed by atoms with Crippen LogP contribution in [0.5, 0.6) is 0 Å². The van der Waals surface area contributed by atoms with Crippen LogP contribution in [0.1, 0.15) is 12.0 Å². The molecule has 146 valence electrons. The van der Waals surface area contributed by atoms with E-state index in [2.05, 4.69) is 5.10 Å². The summed E-state index contributed by atoms with van der Waals surface area (Å²) in [5, 5.41) is 4.06. The lowest BCUT2D eigenvalue weighted by atomic mass is 10.1. The van der Waals surface area contributed by atoms with Crippen LogP contribution in [0.3, 0.4) is 0 Å². The molecule has 1 aromatic carbocycles. The summed E-state index contributed by atoms with van der Waals surface area (Å²) in [5.41, 5.74) is 1.00. The molecule has 28 heavy (non-hydrogen) atoms. The number of hydrogen-bond acceptors (Lipinski definition) is 4. The zero-order valence-corrected chi connectivity index (χ0v) is 15.6. The predicted molar refractivity (Wildman–Crippen MR) is 101 cm³/mol. The van der Waals surface area contributed by atoms with E-state index in [-0.39, 0.29) is 30.8 Å². The van der Waals surface area contributed by atoms with Crippen molar-refractivity contribution < 1.29 is 14.4 Å². The van der Waals surface area contributed by atoms with Crippen molar-refractivity contribution in [2.75, 3.05) is 26.2 Å². The van der Waals surface area contributed by atoms with Crippen molar-refractivity contribution in [2.24, 2.45) is 0 Å². The van der Waals surface area contributed by atoms with Crippen molar-refractivity contribution in [3.63, 3.8) is 0 Å². The van der Waals surface area contributed by atoms with Crippen LogP contribution >= 0.6 is 0 Å². The highest BCUT2D eigenvalue weighted by molar-refractivity contribution is 5.95. The average molecular weight is 381 g/mol. The highest BCUT2D eigenvalue weighted by atomic mass is 16.2.